The number of nitrogens with zero attached hydrogens (tertiary/aromatic N) is 2. The number of rotatable bonds is 2. The predicted octanol–water partition coefficient (Wildman–Crippen LogP) is 1.93. The Balaban J connectivity index is 2.17. The topological polar surface area (TPSA) is 57.9 Å². The first-order chi connectivity index (χ1) is 7.18. The van der Waals surface area contributed by atoms with Crippen LogP contribution < -0.4 is 5.73 Å². The summed E-state index contributed by atoms with van der Waals surface area (Å²) in [5.41, 5.74) is 6.81. The van der Waals surface area contributed by atoms with Crippen LogP contribution in [-0.4, -0.2) is 27.7 Å². The summed E-state index contributed by atoms with van der Waals surface area (Å²) in [7, 11) is 0. The molecule has 0 radical (unpaired) electrons. The predicted molar refractivity (Wildman–Crippen MR) is 61.4 cm³/mol. The third-order valence-corrected chi connectivity index (χ3v) is 3.18. The van der Waals surface area contributed by atoms with Crippen molar-refractivity contribution in [3.8, 4) is 0 Å². The van der Waals surface area contributed by atoms with E-state index in [0.717, 1.165) is 0 Å². The fraction of sp³-hybridized carbons (Fsp3) is 0.727. The second-order valence-electron chi connectivity index (χ2n) is 4.59. The fourth-order valence-corrected chi connectivity index (χ4v) is 2.43. The van der Waals surface area contributed by atoms with E-state index in [1.165, 1.54) is 31.5 Å². The number of anilines is 1. The lowest BCUT2D eigenvalue weighted by atomic mass is 9.98. The van der Waals surface area contributed by atoms with Crippen molar-refractivity contribution in [1.29, 1.82) is 0 Å². The van der Waals surface area contributed by atoms with E-state index in [1.807, 2.05) is 6.07 Å². The molecular weight excluding hydrogens is 188 g/mol. The molecule has 3 N–H and O–H groups in total. The Labute approximate surface area is 90.8 Å². The highest BCUT2D eigenvalue weighted by Gasteiger charge is 2.26. The van der Waals surface area contributed by atoms with Crippen molar-refractivity contribution in [3.05, 3.63) is 11.8 Å². The molecule has 1 aliphatic rings. The lowest BCUT2D eigenvalue weighted by Gasteiger charge is -2.37. The first-order valence-corrected chi connectivity index (χ1v) is 5.75. The van der Waals surface area contributed by atoms with Gasteiger partial charge in [-0.2, -0.15) is 5.10 Å². The molecule has 1 aliphatic heterocycles. The van der Waals surface area contributed by atoms with Crippen LogP contribution in [0.1, 0.15) is 44.8 Å². The van der Waals surface area contributed by atoms with Crippen molar-refractivity contribution in [1.82, 2.24) is 15.1 Å². The molecule has 1 aromatic heterocycles. The van der Waals surface area contributed by atoms with Crippen LogP contribution >= 0.6 is 0 Å². The van der Waals surface area contributed by atoms with Crippen molar-refractivity contribution in [2.75, 3.05) is 12.3 Å². The Bertz CT molecular complexity index is 318. The molecule has 4 nitrogen and oxygen atoms in total. The minimum Gasteiger partial charge on any atom is -0.382 e. The summed E-state index contributed by atoms with van der Waals surface area (Å²) in [6, 6.07) is 3.02. The first-order valence-electron chi connectivity index (χ1n) is 5.75. The second kappa shape index (κ2) is 4.23. The van der Waals surface area contributed by atoms with Crippen molar-refractivity contribution >= 4 is 5.82 Å². The van der Waals surface area contributed by atoms with Gasteiger partial charge in [-0.05, 0) is 33.2 Å². The average Bonchev–Trinajstić information content (AvgIpc) is 2.65. The zero-order valence-electron chi connectivity index (χ0n) is 9.53. The zero-order chi connectivity index (χ0) is 10.8. The molecule has 0 saturated carbocycles. The maximum atomic E-state index is 5.65. The Morgan fingerprint density at radius 3 is 2.93 bits per heavy atom. The minimum atomic E-state index is 0.476. The van der Waals surface area contributed by atoms with Crippen LogP contribution in [0, 0.1) is 0 Å². The van der Waals surface area contributed by atoms with Crippen LogP contribution in [0.15, 0.2) is 6.07 Å². The van der Waals surface area contributed by atoms with E-state index in [-0.39, 0.29) is 0 Å². The molecular formula is C11H20N4. The standard InChI is InChI=1S/C11H20N4/c1-8(2)15-6-4-3-5-10(15)9-7-11(12)14-13-9/h7-8,10H,3-6H2,1-2H3,(H3,12,13,14). The molecule has 1 aromatic rings. The number of hydrogen-bond donors (Lipinski definition) is 2. The highest BCUT2D eigenvalue weighted by Crippen LogP contribution is 2.31. The molecule has 2 heterocycles. The van der Waals surface area contributed by atoms with E-state index < -0.39 is 0 Å². The minimum absolute atomic E-state index is 0.476. The van der Waals surface area contributed by atoms with E-state index in [4.69, 9.17) is 5.73 Å². The molecule has 4 heteroatoms. The number of likely N-dealkylation sites (tertiary alicyclic amines) is 1. The van der Waals surface area contributed by atoms with Gasteiger partial charge < -0.3 is 5.73 Å². The molecule has 0 bridgehead atoms. The Kier molecular flexibility index (Phi) is 2.95. The molecule has 1 fully saturated rings. The van der Waals surface area contributed by atoms with E-state index >= 15 is 0 Å². The summed E-state index contributed by atoms with van der Waals surface area (Å²) in [4.78, 5) is 2.52. The molecule has 1 unspecified atom stereocenters. The third kappa shape index (κ3) is 2.15. The summed E-state index contributed by atoms with van der Waals surface area (Å²) in [5.74, 6) is 0.597. The van der Waals surface area contributed by atoms with Crippen LogP contribution in [0.2, 0.25) is 0 Å². The molecule has 1 saturated heterocycles. The van der Waals surface area contributed by atoms with Crippen molar-refractivity contribution in [2.24, 2.45) is 0 Å². The lowest BCUT2D eigenvalue weighted by molar-refractivity contribution is 0.109. The Hall–Kier alpha value is -1.03. The molecule has 0 spiro atoms. The number of hydrogen-bond acceptors (Lipinski definition) is 3. The molecule has 0 aliphatic carbocycles. The average molecular weight is 208 g/mol. The molecule has 0 amide bonds. The quantitative estimate of drug-likeness (QED) is 0.780. The second-order valence-corrected chi connectivity index (χ2v) is 4.59. The first kappa shape index (κ1) is 10.5. The number of aromatic amines is 1. The summed E-state index contributed by atoms with van der Waals surface area (Å²) in [5, 5.41) is 7.06. The van der Waals surface area contributed by atoms with Gasteiger partial charge in [-0.15, -0.1) is 0 Å². The number of aromatic nitrogens is 2. The fourth-order valence-electron chi connectivity index (χ4n) is 2.43. The van der Waals surface area contributed by atoms with Gasteiger partial charge in [0.25, 0.3) is 0 Å². The van der Waals surface area contributed by atoms with Gasteiger partial charge in [0.05, 0.1) is 11.7 Å². The molecule has 0 aromatic carbocycles. The van der Waals surface area contributed by atoms with Crippen LogP contribution in [0.4, 0.5) is 5.82 Å². The summed E-state index contributed by atoms with van der Waals surface area (Å²) < 4.78 is 0. The number of piperidine rings is 1. The van der Waals surface area contributed by atoms with E-state index in [0.29, 0.717) is 17.9 Å². The van der Waals surface area contributed by atoms with Gasteiger partial charge in [-0.25, -0.2) is 0 Å². The molecule has 15 heavy (non-hydrogen) atoms. The zero-order valence-corrected chi connectivity index (χ0v) is 9.53. The van der Waals surface area contributed by atoms with Gasteiger partial charge in [0, 0.05) is 12.1 Å². The van der Waals surface area contributed by atoms with Crippen LogP contribution in [0.25, 0.3) is 0 Å². The Morgan fingerprint density at radius 1 is 1.53 bits per heavy atom. The van der Waals surface area contributed by atoms with E-state index in [2.05, 4.69) is 28.9 Å². The number of H-pyrrole nitrogens is 1. The maximum absolute atomic E-state index is 5.65. The lowest BCUT2D eigenvalue weighted by Crippen LogP contribution is -2.38. The van der Waals surface area contributed by atoms with E-state index in [1.54, 1.807) is 0 Å². The van der Waals surface area contributed by atoms with Gasteiger partial charge >= 0.3 is 0 Å². The summed E-state index contributed by atoms with van der Waals surface area (Å²) in [6.45, 7) is 5.68. The van der Waals surface area contributed by atoms with E-state index in [9.17, 15) is 0 Å². The normalized spacial score (nSPS) is 23.5. The number of nitrogens with one attached hydrogen (secondary N) is 1. The molecule has 84 valence electrons. The SMILES string of the molecule is CC(C)N1CCCCC1c1cc(N)n[nH]1. The molecule has 2 rings (SSSR count). The molecule has 1 atom stereocenters. The van der Waals surface area contributed by atoms with Crippen LogP contribution in [0.5, 0.6) is 0 Å². The van der Waals surface area contributed by atoms with Crippen LogP contribution in [-0.2, 0) is 0 Å². The van der Waals surface area contributed by atoms with Gasteiger partial charge in [0.15, 0.2) is 0 Å². The number of nitrogens with two attached hydrogens (primary N) is 1. The van der Waals surface area contributed by atoms with Gasteiger partial charge in [-0.1, -0.05) is 6.42 Å². The maximum Gasteiger partial charge on any atom is 0.145 e. The largest absolute Gasteiger partial charge is 0.382 e. The summed E-state index contributed by atoms with van der Waals surface area (Å²) in [6.07, 6.45) is 3.81. The highest BCUT2D eigenvalue weighted by atomic mass is 15.2. The number of nitrogen functional groups attached to an aromatic ring is 1. The highest BCUT2D eigenvalue weighted by molar-refractivity contribution is 5.30. The Morgan fingerprint density at radius 2 is 2.33 bits per heavy atom. The smallest absolute Gasteiger partial charge is 0.145 e. The van der Waals surface area contributed by atoms with Crippen LogP contribution in [0.3, 0.4) is 0 Å². The van der Waals surface area contributed by atoms with Crippen molar-refractivity contribution < 1.29 is 0 Å². The monoisotopic (exact) mass is 208 g/mol. The van der Waals surface area contributed by atoms with Gasteiger partial charge in [-0.3, -0.25) is 10.00 Å². The van der Waals surface area contributed by atoms with Gasteiger partial charge in [0.2, 0.25) is 0 Å². The van der Waals surface area contributed by atoms with Gasteiger partial charge in [0.1, 0.15) is 5.82 Å². The van der Waals surface area contributed by atoms with Crippen molar-refractivity contribution in [3.63, 3.8) is 0 Å². The van der Waals surface area contributed by atoms with Crippen molar-refractivity contribution in [2.45, 2.75) is 45.2 Å². The third-order valence-electron chi connectivity index (χ3n) is 3.18. The summed E-state index contributed by atoms with van der Waals surface area (Å²) >= 11 is 0.